The highest BCUT2D eigenvalue weighted by Gasteiger charge is 2.19. The largest absolute Gasteiger partial charge is 0.444 e. The summed E-state index contributed by atoms with van der Waals surface area (Å²) >= 11 is 0. The van der Waals surface area contributed by atoms with Crippen LogP contribution in [0.1, 0.15) is 40.4 Å². The minimum atomic E-state index is -0.470. The van der Waals surface area contributed by atoms with Crippen LogP contribution >= 0.6 is 0 Å². The van der Waals surface area contributed by atoms with Crippen molar-refractivity contribution in [1.29, 1.82) is 0 Å². The van der Waals surface area contributed by atoms with Crippen molar-refractivity contribution in [2.75, 3.05) is 13.1 Å². The van der Waals surface area contributed by atoms with Crippen LogP contribution < -0.4 is 10.6 Å². The summed E-state index contributed by atoms with van der Waals surface area (Å²) < 4.78 is 10.3. The highest BCUT2D eigenvalue weighted by Crippen LogP contribution is 2.10. The third-order valence-electron chi connectivity index (χ3n) is 3.05. The Morgan fingerprint density at radius 2 is 2.10 bits per heavy atom. The topological polar surface area (TPSA) is 76.4 Å². The van der Waals surface area contributed by atoms with Crippen LogP contribution in [0.25, 0.3) is 0 Å². The molecule has 1 unspecified atom stereocenters. The molecule has 2 N–H and O–H groups in total. The lowest BCUT2D eigenvalue weighted by Gasteiger charge is -2.24. The molecule has 1 aromatic rings. The van der Waals surface area contributed by atoms with E-state index in [1.54, 1.807) is 6.20 Å². The first-order valence-electron chi connectivity index (χ1n) is 7.35. The second kappa shape index (κ2) is 8.02. The van der Waals surface area contributed by atoms with Crippen LogP contribution in [-0.4, -0.2) is 29.9 Å². The number of ether oxygens (including phenoxy) is 1. The van der Waals surface area contributed by atoms with Crippen molar-refractivity contribution in [2.24, 2.45) is 11.8 Å². The van der Waals surface area contributed by atoms with E-state index < -0.39 is 5.60 Å². The molecule has 0 bridgehead atoms. The van der Waals surface area contributed by atoms with Crippen molar-refractivity contribution in [2.45, 2.75) is 46.8 Å². The highest BCUT2D eigenvalue weighted by molar-refractivity contribution is 5.67. The van der Waals surface area contributed by atoms with Crippen LogP contribution in [0.2, 0.25) is 0 Å². The van der Waals surface area contributed by atoms with E-state index in [9.17, 15) is 4.79 Å². The van der Waals surface area contributed by atoms with E-state index in [4.69, 9.17) is 9.26 Å². The summed E-state index contributed by atoms with van der Waals surface area (Å²) in [7, 11) is 0. The summed E-state index contributed by atoms with van der Waals surface area (Å²) in [5.41, 5.74) is -0.470. The lowest BCUT2D eigenvalue weighted by Crippen LogP contribution is -2.39. The maximum Gasteiger partial charge on any atom is 0.407 e. The molecule has 0 aliphatic heterocycles. The van der Waals surface area contributed by atoms with Gasteiger partial charge in [-0.3, -0.25) is 0 Å². The van der Waals surface area contributed by atoms with Gasteiger partial charge in [-0.15, -0.1) is 0 Å². The van der Waals surface area contributed by atoms with Crippen LogP contribution in [0, 0.1) is 11.8 Å². The Labute approximate surface area is 126 Å². The monoisotopic (exact) mass is 297 g/mol. The zero-order valence-electron chi connectivity index (χ0n) is 13.6. The molecule has 1 atom stereocenters. The minimum absolute atomic E-state index is 0.320. The van der Waals surface area contributed by atoms with Gasteiger partial charge in [-0.1, -0.05) is 19.0 Å². The molecular weight excluding hydrogens is 270 g/mol. The fourth-order valence-electron chi connectivity index (χ4n) is 1.79. The van der Waals surface area contributed by atoms with Crippen LogP contribution in [0.3, 0.4) is 0 Å². The number of nitrogens with zero attached hydrogens (tertiary/aromatic N) is 1. The van der Waals surface area contributed by atoms with E-state index in [0.29, 0.717) is 24.9 Å². The number of aromatic nitrogens is 1. The van der Waals surface area contributed by atoms with E-state index >= 15 is 0 Å². The predicted octanol–water partition coefficient (Wildman–Crippen LogP) is 2.56. The molecule has 0 fully saturated rings. The van der Waals surface area contributed by atoms with Gasteiger partial charge < -0.3 is 19.9 Å². The number of nitrogens with one attached hydrogen (secondary N) is 2. The van der Waals surface area contributed by atoms with Gasteiger partial charge in [0.25, 0.3) is 0 Å². The highest BCUT2D eigenvalue weighted by atomic mass is 16.6. The number of amides is 1. The molecule has 21 heavy (non-hydrogen) atoms. The number of hydrogen-bond acceptors (Lipinski definition) is 5. The molecule has 6 heteroatoms. The van der Waals surface area contributed by atoms with Gasteiger partial charge in [-0.2, -0.15) is 0 Å². The summed E-state index contributed by atoms with van der Waals surface area (Å²) in [4.78, 5) is 11.7. The lowest BCUT2D eigenvalue weighted by atomic mass is 9.96. The fourth-order valence-corrected chi connectivity index (χ4v) is 1.79. The Bertz CT molecular complexity index is 410. The maximum absolute atomic E-state index is 11.7. The van der Waals surface area contributed by atoms with E-state index in [2.05, 4.69) is 29.6 Å². The third-order valence-corrected chi connectivity index (χ3v) is 3.05. The molecule has 0 saturated carbocycles. The zero-order chi connectivity index (χ0) is 15.9. The third kappa shape index (κ3) is 7.70. The Kier molecular flexibility index (Phi) is 6.68. The summed E-state index contributed by atoms with van der Waals surface area (Å²) in [6, 6.07) is 1.83. The predicted molar refractivity (Wildman–Crippen MR) is 80.8 cm³/mol. The van der Waals surface area contributed by atoms with E-state index in [1.807, 2.05) is 26.8 Å². The Morgan fingerprint density at radius 1 is 1.38 bits per heavy atom. The average molecular weight is 297 g/mol. The second-order valence-electron chi connectivity index (χ2n) is 6.50. The lowest BCUT2D eigenvalue weighted by molar-refractivity contribution is 0.0514. The molecule has 1 amide bonds. The van der Waals surface area contributed by atoms with E-state index in [0.717, 1.165) is 12.3 Å². The quantitative estimate of drug-likeness (QED) is 0.809. The summed E-state index contributed by atoms with van der Waals surface area (Å²) in [6.07, 6.45) is 1.25. The molecule has 1 heterocycles. The first-order chi connectivity index (χ1) is 9.78. The molecular formula is C15H27N3O3. The maximum atomic E-state index is 11.7. The molecule has 0 aromatic carbocycles. The van der Waals surface area contributed by atoms with Gasteiger partial charge in [0.05, 0.1) is 12.7 Å². The summed E-state index contributed by atoms with van der Waals surface area (Å²) in [6.45, 7) is 11.8. The Hall–Kier alpha value is -1.56. The van der Waals surface area contributed by atoms with Gasteiger partial charge in [0.2, 0.25) is 0 Å². The van der Waals surface area contributed by atoms with Gasteiger partial charge in [0, 0.05) is 19.2 Å². The molecule has 0 aliphatic rings. The van der Waals surface area contributed by atoms with Gasteiger partial charge >= 0.3 is 6.09 Å². The summed E-state index contributed by atoms with van der Waals surface area (Å²) in [5, 5.41) is 9.80. The Balaban J connectivity index is 2.31. The van der Waals surface area contributed by atoms with Gasteiger partial charge in [0.15, 0.2) is 0 Å². The van der Waals surface area contributed by atoms with Gasteiger partial charge in [0.1, 0.15) is 11.4 Å². The van der Waals surface area contributed by atoms with Crippen molar-refractivity contribution in [3.05, 3.63) is 18.0 Å². The first kappa shape index (κ1) is 17.5. The van der Waals surface area contributed by atoms with Crippen LogP contribution in [0.15, 0.2) is 16.8 Å². The fraction of sp³-hybridized carbons (Fsp3) is 0.733. The number of carbonyl (C=O) groups is 1. The molecule has 1 rings (SSSR count). The summed E-state index contributed by atoms with van der Waals surface area (Å²) in [5.74, 6) is 1.57. The first-order valence-corrected chi connectivity index (χ1v) is 7.35. The number of rotatable bonds is 7. The molecule has 1 aromatic heterocycles. The molecule has 0 spiro atoms. The van der Waals surface area contributed by atoms with Crippen LogP contribution in [0.5, 0.6) is 0 Å². The standard InChI is InChI=1S/C15H27N3O3/c1-11(2)12(8-16-10-13-6-7-18-21-13)9-17-14(19)20-15(3,4)5/h6-7,11-12,16H,8-10H2,1-5H3,(H,17,19). The second-order valence-corrected chi connectivity index (χ2v) is 6.50. The number of carbonyl (C=O) groups excluding carboxylic acids is 1. The van der Waals surface area contributed by atoms with E-state index in [1.165, 1.54) is 0 Å². The molecule has 120 valence electrons. The van der Waals surface area contributed by atoms with Crippen molar-refractivity contribution < 1.29 is 14.1 Å². The SMILES string of the molecule is CC(C)C(CNCc1ccno1)CNC(=O)OC(C)(C)C. The van der Waals surface area contributed by atoms with Crippen LogP contribution in [0.4, 0.5) is 4.79 Å². The van der Waals surface area contributed by atoms with Crippen molar-refractivity contribution in [3.63, 3.8) is 0 Å². The normalized spacial score (nSPS) is 13.2. The number of alkyl carbamates (subject to hydrolysis) is 1. The van der Waals surface area contributed by atoms with E-state index in [-0.39, 0.29) is 6.09 Å². The number of hydrogen-bond donors (Lipinski definition) is 2. The van der Waals surface area contributed by atoms with Crippen molar-refractivity contribution in [3.8, 4) is 0 Å². The zero-order valence-corrected chi connectivity index (χ0v) is 13.6. The van der Waals surface area contributed by atoms with Crippen LogP contribution in [-0.2, 0) is 11.3 Å². The van der Waals surface area contributed by atoms with Crippen molar-refractivity contribution >= 4 is 6.09 Å². The minimum Gasteiger partial charge on any atom is -0.444 e. The van der Waals surface area contributed by atoms with Gasteiger partial charge in [-0.25, -0.2) is 4.79 Å². The van der Waals surface area contributed by atoms with Crippen molar-refractivity contribution in [1.82, 2.24) is 15.8 Å². The smallest absolute Gasteiger partial charge is 0.407 e. The molecule has 0 radical (unpaired) electrons. The van der Waals surface area contributed by atoms with Gasteiger partial charge in [-0.05, 0) is 32.6 Å². The molecule has 0 aliphatic carbocycles. The molecule has 0 saturated heterocycles. The average Bonchev–Trinajstić information content (AvgIpc) is 2.83. The Morgan fingerprint density at radius 3 is 2.62 bits per heavy atom. The molecule has 6 nitrogen and oxygen atoms in total.